The number of benzene rings is 1. The van der Waals surface area contributed by atoms with Gasteiger partial charge in [0.1, 0.15) is 5.82 Å². The minimum Gasteiger partial charge on any atom is -0.355 e. The molecule has 0 aliphatic rings. The van der Waals surface area contributed by atoms with Crippen molar-refractivity contribution in [3.63, 3.8) is 0 Å². The number of nitrogens with one attached hydrogen (secondary N) is 2. The first-order valence-corrected chi connectivity index (χ1v) is 5.87. The van der Waals surface area contributed by atoms with Crippen molar-refractivity contribution in [2.24, 2.45) is 0 Å². The fraction of sp³-hybridized carbons (Fsp3) is 0.417. The largest absolute Gasteiger partial charge is 0.355 e. The van der Waals surface area contributed by atoms with Gasteiger partial charge in [-0.25, -0.2) is 4.39 Å². The highest BCUT2D eigenvalue weighted by atomic mass is 35.5. The molecule has 0 fully saturated rings. The van der Waals surface area contributed by atoms with Crippen LogP contribution in [0.15, 0.2) is 18.2 Å². The molecule has 0 aliphatic carbocycles. The van der Waals surface area contributed by atoms with Gasteiger partial charge in [0.25, 0.3) is 0 Å². The summed E-state index contributed by atoms with van der Waals surface area (Å²) in [5, 5.41) is 6.11. The van der Waals surface area contributed by atoms with Gasteiger partial charge in [-0.15, -0.1) is 0 Å². The molecule has 1 aromatic rings. The zero-order valence-corrected chi connectivity index (χ0v) is 10.6. The van der Waals surface area contributed by atoms with Crippen LogP contribution in [0.25, 0.3) is 0 Å². The van der Waals surface area contributed by atoms with E-state index < -0.39 is 0 Å². The summed E-state index contributed by atoms with van der Waals surface area (Å²) in [5.74, 6) is -0.431. The quantitative estimate of drug-likeness (QED) is 0.849. The molecule has 3 nitrogen and oxygen atoms in total. The monoisotopic (exact) mass is 258 g/mol. The lowest BCUT2D eigenvalue weighted by Gasteiger charge is -2.13. The molecule has 0 saturated carbocycles. The Kier molecular flexibility index (Phi) is 5.38. The van der Waals surface area contributed by atoms with Crippen molar-refractivity contribution in [2.45, 2.75) is 26.4 Å². The second kappa shape index (κ2) is 6.57. The number of hydrogen-bond acceptors (Lipinski definition) is 2. The predicted octanol–water partition coefficient (Wildman–Crippen LogP) is 2.09. The lowest BCUT2D eigenvalue weighted by molar-refractivity contribution is -0.122. The van der Waals surface area contributed by atoms with E-state index >= 15 is 0 Å². The highest BCUT2D eigenvalue weighted by molar-refractivity contribution is 6.30. The van der Waals surface area contributed by atoms with E-state index in [1.807, 2.05) is 6.92 Å². The lowest BCUT2D eigenvalue weighted by Crippen LogP contribution is -2.41. The van der Waals surface area contributed by atoms with Gasteiger partial charge in [-0.1, -0.05) is 11.6 Å². The van der Waals surface area contributed by atoms with Crippen molar-refractivity contribution < 1.29 is 9.18 Å². The van der Waals surface area contributed by atoms with Gasteiger partial charge in [-0.3, -0.25) is 4.79 Å². The normalized spacial score (nSPS) is 12.2. The SMILES string of the molecule is CCNC(=O)C(C)NCc1cc(Cl)ccc1F. The summed E-state index contributed by atoms with van der Waals surface area (Å²) in [4.78, 5) is 11.4. The van der Waals surface area contributed by atoms with Gasteiger partial charge in [0.15, 0.2) is 0 Å². The molecule has 0 saturated heterocycles. The number of likely N-dealkylation sites (N-methyl/N-ethyl adjacent to an activating group) is 1. The molecule has 1 unspecified atom stereocenters. The Morgan fingerprint density at radius 3 is 2.88 bits per heavy atom. The average molecular weight is 259 g/mol. The van der Waals surface area contributed by atoms with Crippen LogP contribution in [0, 0.1) is 5.82 Å². The van der Waals surface area contributed by atoms with Gasteiger partial charge in [0.2, 0.25) is 5.91 Å². The number of carbonyl (C=O) groups is 1. The van der Waals surface area contributed by atoms with Gasteiger partial charge in [0, 0.05) is 23.7 Å². The minimum absolute atomic E-state index is 0.102. The third-order valence-electron chi connectivity index (χ3n) is 2.35. The van der Waals surface area contributed by atoms with Crippen LogP contribution in [0.2, 0.25) is 5.02 Å². The number of rotatable bonds is 5. The number of hydrogen-bond donors (Lipinski definition) is 2. The first kappa shape index (κ1) is 13.9. The third kappa shape index (κ3) is 4.32. The summed E-state index contributed by atoms with van der Waals surface area (Å²) in [6.07, 6.45) is 0. The van der Waals surface area contributed by atoms with Crippen LogP contribution in [0.3, 0.4) is 0 Å². The summed E-state index contributed by atoms with van der Waals surface area (Å²) in [6, 6.07) is 3.99. The molecule has 2 N–H and O–H groups in total. The van der Waals surface area contributed by atoms with E-state index in [0.717, 1.165) is 0 Å². The maximum absolute atomic E-state index is 13.4. The van der Waals surface area contributed by atoms with E-state index in [1.54, 1.807) is 13.0 Å². The van der Waals surface area contributed by atoms with Crippen LogP contribution in [0.5, 0.6) is 0 Å². The lowest BCUT2D eigenvalue weighted by atomic mass is 10.2. The van der Waals surface area contributed by atoms with Crippen molar-refractivity contribution >= 4 is 17.5 Å². The van der Waals surface area contributed by atoms with E-state index in [9.17, 15) is 9.18 Å². The van der Waals surface area contributed by atoms with E-state index in [4.69, 9.17) is 11.6 Å². The maximum atomic E-state index is 13.4. The van der Waals surface area contributed by atoms with Crippen molar-refractivity contribution in [3.8, 4) is 0 Å². The molecule has 0 heterocycles. The Bertz CT molecular complexity index is 398. The first-order valence-electron chi connectivity index (χ1n) is 5.49. The number of carbonyl (C=O) groups excluding carboxylic acids is 1. The van der Waals surface area contributed by atoms with Crippen LogP contribution in [0.4, 0.5) is 4.39 Å². The minimum atomic E-state index is -0.367. The Labute approximate surface area is 105 Å². The Morgan fingerprint density at radius 2 is 2.24 bits per heavy atom. The summed E-state index contributed by atoms with van der Waals surface area (Å²) in [6.45, 7) is 4.43. The number of amides is 1. The Hall–Kier alpha value is -1.13. The Morgan fingerprint density at radius 1 is 1.53 bits per heavy atom. The molecule has 1 aromatic carbocycles. The second-order valence-corrected chi connectivity index (χ2v) is 4.17. The molecule has 1 rings (SSSR count). The molecule has 17 heavy (non-hydrogen) atoms. The maximum Gasteiger partial charge on any atom is 0.236 e. The van der Waals surface area contributed by atoms with Crippen LogP contribution in [0.1, 0.15) is 19.4 Å². The molecule has 94 valence electrons. The fourth-order valence-corrected chi connectivity index (χ4v) is 1.56. The molecule has 0 bridgehead atoms. The van der Waals surface area contributed by atoms with Gasteiger partial charge >= 0.3 is 0 Å². The van der Waals surface area contributed by atoms with Gasteiger partial charge in [-0.05, 0) is 32.0 Å². The van der Waals surface area contributed by atoms with Crippen molar-refractivity contribution in [3.05, 3.63) is 34.6 Å². The third-order valence-corrected chi connectivity index (χ3v) is 2.59. The van der Waals surface area contributed by atoms with Crippen molar-refractivity contribution in [1.82, 2.24) is 10.6 Å². The van der Waals surface area contributed by atoms with Crippen LogP contribution in [-0.2, 0) is 11.3 Å². The van der Waals surface area contributed by atoms with E-state index in [0.29, 0.717) is 17.1 Å². The molecular formula is C12H16ClFN2O. The predicted molar refractivity (Wildman–Crippen MR) is 66.4 cm³/mol. The zero-order chi connectivity index (χ0) is 12.8. The van der Waals surface area contributed by atoms with E-state index in [-0.39, 0.29) is 24.3 Å². The molecule has 5 heteroatoms. The Balaban J connectivity index is 2.55. The molecule has 1 amide bonds. The van der Waals surface area contributed by atoms with Crippen LogP contribution >= 0.6 is 11.6 Å². The molecule has 0 aliphatic heterocycles. The van der Waals surface area contributed by atoms with E-state index in [1.165, 1.54) is 12.1 Å². The molecule has 0 spiro atoms. The van der Waals surface area contributed by atoms with Gasteiger partial charge in [0.05, 0.1) is 6.04 Å². The average Bonchev–Trinajstić information content (AvgIpc) is 2.30. The van der Waals surface area contributed by atoms with Crippen molar-refractivity contribution in [2.75, 3.05) is 6.54 Å². The topological polar surface area (TPSA) is 41.1 Å². The number of halogens is 2. The second-order valence-electron chi connectivity index (χ2n) is 3.73. The van der Waals surface area contributed by atoms with Crippen LogP contribution in [-0.4, -0.2) is 18.5 Å². The van der Waals surface area contributed by atoms with Crippen LogP contribution < -0.4 is 10.6 Å². The summed E-state index contributed by atoms with van der Waals surface area (Å²) in [5.41, 5.74) is 0.452. The highest BCUT2D eigenvalue weighted by Gasteiger charge is 2.11. The summed E-state index contributed by atoms with van der Waals surface area (Å²) >= 11 is 5.77. The molecule has 1 atom stereocenters. The molecule has 0 aromatic heterocycles. The summed E-state index contributed by atoms with van der Waals surface area (Å²) < 4.78 is 13.4. The first-order chi connectivity index (χ1) is 8.04. The van der Waals surface area contributed by atoms with Gasteiger partial charge in [-0.2, -0.15) is 0 Å². The zero-order valence-electron chi connectivity index (χ0n) is 9.89. The molecule has 0 radical (unpaired) electrons. The van der Waals surface area contributed by atoms with Gasteiger partial charge < -0.3 is 10.6 Å². The summed E-state index contributed by atoms with van der Waals surface area (Å²) in [7, 11) is 0. The van der Waals surface area contributed by atoms with Crippen molar-refractivity contribution in [1.29, 1.82) is 0 Å². The standard InChI is InChI=1S/C12H16ClFN2O/c1-3-15-12(17)8(2)16-7-9-6-10(13)4-5-11(9)14/h4-6,8,16H,3,7H2,1-2H3,(H,15,17). The van der Waals surface area contributed by atoms with E-state index in [2.05, 4.69) is 10.6 Å². The molecular weight excluding hydrogens is 243 g/mol. The smallest absolute Gasteiger partial charge is 0.236 e. The highest BCUT2D eigenvalue weighted by Crippen LogP contribution is 2.14. The fourth-order valence-electron chi connectivity index (χ4n) is 1.36.